The zero-order valence-corrected chi connectivity index (χ0v) is 9.74. The average molecular weight is 263 g/mol. The highest BCUT2D eigenvalue weighted by molar-refractivity contribution is 9.10. The Morgan fingerprint density at radius 1 is 1.20 bits per heavy atom. The van der Waals surface area contributed by atoms with Crippen LogP contribution < -0.4 is 5.73 Å². The van der Waals surface area contributed by atoms with E-state index in [9.17, 15) is 0 Å². The second kappa shape index (κ2) is 4.55. The second-order valence-electron chi connectivity index (χ2n) is 3.24. The van der Waals surface area contributed by atoms with Crippen molar-refractivity contribution < 1.29 is 0 Å². The van der Waals surface area contributed by atoms with Crippen molar-refractivity contribution in [3.05, 3.63) is 52.6 Å². The van der Waals surface area contributed by atoms with Gasteiger partial charge in [-0.3, -0.25) is 4.98 Å². The zero-order chi connectivity index (χ0) is 10.7. The molecule has 1 aromatic heterocycles. The molecule has 0 atom stereocenters. The fraction of sp³-hybridized carbons (Fsp3) is 0.0833. The first-order chi connectivity index (χ1) is 7.31. The standard InChI is InChI=1S/C12H11BrN2/c13-11-6-9(7-14)8-15-12(11)10-4-2-1-3-5-10/h1-6,8H,7,14H2. The Labute approximate surface area is 97.3 Å². The highest BCUT2D eigenvalue weighted by atomic mass is 79.9. The summed E-state index contributed by atoms with van der Waals surface area (Å²) >= 11 is 3.51. The minimum absolute atomic E-state index is 0.515. The quantitative estimate of drug-likeness (QED) is 0.904. The SMILES string of the molecule is NCc1cnc(-c2ccccc2)c(Br)c1. The number of benzene rings is 1. The van der Waals surface area contributed by atoms with Crippen molar-refractivity contribution in [2.75, 3.05) is 0 Å². The fourth-order valence-corrected chi connectivity index (χ4v) is 2.02. The van der Waals surface area contributed by atoms with Crippen LogP contribution in [0.2, 0.25) is 0 Å². The van der Waals surface area contributed by atoms with Crippen molar-refractivity contribution in [1.29, 1.82) is 0 Å². The van der Waals surface area contributed by atoms with Crippen LogP contribution in [0.5, 0.6) is 0 Å². The second-order valence-corrected chi connectivity index (χ2v) is 4.10. The minimum atomic E-state index is 0.515. The van der Waals surface area contributed by atoms with E-state index in [0.29, 0.717) is 6.54 Å². The van der Waals surface area contributed by atoms with E-state index in [4.69, 9.17) is 5.73 Å². The molecule has 3 heteroatoms. The highest BCUT2D eigenvalue weighted by Gasteiger charge is 2.04. The largest absolute Gasteiger partial charge is 0.326 e. The maximum atomic E-state index is 5.55. The maximum absolute atomic E-state index is 5.55. The molecule has 2 rings (SSSR count). The summed E-state index contributed by atoms with van der Waals surface area (Å²) in [5.41, 5.74) is 8.63. The van der Waals surface area contributed by atoms with Crippen LogP contribution in [0.15, 0.2) is 47.1 Å². The number of pyridine rings is 1. The molecule has 1 heterocycles. The summed E-state index contributed by atoms with van der Waals surface area (Å²) in [6.07, 6.45) is 1.81. The lowest BCUT2D eigenvalue weighted by Gasteiger charge is -2.05. The molecule has 76 valence electrons. The van der Waals surface area contributed by atoms with Gasteiger partial charge in [0, 0.05) is 22.8 Å². The van der Waals surface area contributed by atoms with Crippen LogP contribution >= 0.6 is 15.9 Å². The Morgan fingerprint density at radius 2 is 1.93 bits per heavy atom. The van der Waals surface area contributed by atoms with Crippen molar-refractivity contribution in [2.45, 2.75) is 6.54 Å². The molecule has 0 aliphatic carbocycles. The Bertz CT molecular complexity index is 454. The van der Waals surface area contributed by atoms with E-state index in [2.05, 4.69) is 20.9 Å². The summed E-state index contributed by atoms with van der Waals surface area (Å²) < 4.78 is 0.983. The molecule has 0 spiro atoms. The molecule has 0 saturated heterocycles. The Hall–Kier alpha value is -1.19. The van der Waals surface area contributed by atoms with Gasteiger partial charge in [0.1, 0.15) is 0 Å². The number of nitrogens with two attached hydrogens (primary N) is 1. The van der Waals surface area contributed by atoms with E-state index >= 15 is 0 Å². The van der Waals surface area contributed by atoms with Gasteiger partial charge in [0.25, 0.3) is 0 Å². The minimum Gasteiger partial charge on any atom is -0.326 e. The van der Waals surface area contributed by atoms with Crippen molar-refractivity contribution in [2.24, 2.45) is 5.73 Å². The third kappa shape index (κ3) is 2.25. The van der Waals surface area contributed by atoms with Gasteiger partial charge < -0.3 is 5.73 Å². The molecule has 0 aliphatic heterocycles. The van der Waals surface area contributed by atoms with Crippen LogP contribution in [0.3, 0.4) is 0 Å². The van der Waals surface area contributed by atoms with Crippen LogP contribution in [0.4, 0.5) is 0 Å². The molecule has 15 heavy (non-hydrogen) atoms. The predicted octanol–water partition coefficient (Wildman–Crippen LogP) is 2.97. The molecular weight excluding hydrogens is 252 g/mol. The van der Waals surface area contributed by atoms with Crippen LogP contribution in [0.1, 0.15) is 5.56 Å². The summed E-state index contributed by atoms with van der Waals surface area (Å²) in [6, 6.07) is 12.1. The van der Waals surface area contributed by atoms with E-state index in [-0.39, 0.29) is 0 Å². The fourth-order valence-electron chi connectivity index (χ4n) is 1.40. The van der Waals surface area contributed by atoms with Crippen LogP contribution in [-0.2, 0) is 6.54 Å². The van der Waals surface area contributed by atoms with Crippen molar-refractivity contribution in [1.82, 2.24) is 4.98 Å². The number of hydrogen-bond acceptors (Lipinski definition) is 2. The number of rotatable bonds is 2. The van der Waals surface area contributed by atoms with E-state index in [1.165, 1.54) is 0 Å². The van der Waals surface area contributed by atoms with Crippen LogP contribution in [-0.4, -0.2) is 4.98 Å². The van der Waals surface area contributed by atoms with Gasteiger partial charge in [-0.05, 0) is 27.6 Å². The lowest BCUT2D eigenvalue weighted by atomic mass is 10.1. The van der Waals surface area contributed by atoms with Gasteiger partial charge in [-0.25, -0.2) is 0 Å². The summed E-state index contributed by atoms with van der Waals surface area (Å²) in [7, 11) is 0. The van der Waals surface area contributed by atoms with E-state index in [0.717, 1.165) is 21.3 Å². The van der Waals surface area contributed by atoms with Crippen LogP contribution in [0, 0.1) is 0 Å². The molecule has 0 aliphatic rings. The summed E-state index contributed by atoms with van der Waals surface area (Å²) in [4.78, 5) is 4.39. The molecule has 0 radical (unpaired) electrons. The van der Waals surface area contributed by atoms with Gasteiger partial charge in [0.15, 0.2) is 0 Å². The Balaban J connectivity index is 2.46. The van der Waals surface area contributed by atoms with Crippen molar-refractivity contribution in [3.8, 4) is 11.3 Å². The molecule has 1 aromatic carbocycles. The van der Waals surface area contributed by atoms with Gasteiger partial charge in [-0.2, -0.15) is 0 Å². The van der Waals surface area contributed by atoms with Gasteiger partial charge >= 0.3 is 0 Å². The smallest absolute Gasteiger partial charge is 0.0844 e. The lowest BCUT2D eigenvalue weighted by molar-refractivity contribution is 1.05. The molecular formula is C12H11BrN2. The monoisotopic (exact) mass is 262 g/mol. The first-order valence-corrected chi connectivity index (χ1v) is 5.50. The molecule has 2 aromatic rings. The van der Waals surface area contributed by atoms with Crippen LogP contribution in [0.25, 0.3) is 11.3 Å². The Morgan fingerprint density at radius 3 is 2.53 bits per heavy atom. The summed E-state index contributed by atoms with van der Waals surface area (Å²) in [5, 5.41) is 0. The number of halogens is 1. The molecule has 0 saturated carbocycles. The molecule has 0 fully saturated rings. The molecule has 0 bridgehead atoms. The number of nitrogens with zero attached hydrogens (tertiary/aromatic N) is 1. The van der Waals surface area contributed by atoms with Crippen molar-refractivity contribution in [3.63, 3.8) is 0 Å². The molecule has 2 nitrogen and oxygen atoms in total. The normalized spacial score (nSPS) is 10.3. The highest BCUT2D eigenvalue weighted by Crippen LogP contribution is 2.26. The third-order valence-corrected chi connectivity index (χ3v) is 2.79. The van der Waals surface area contributed by atoms with Gasteiger partial charge in [0.05, 0.1) is 5.69 Å². The van der Waals surface area contributed by atoms with E-state index < -0.39 is 0 Å². The zero-order valence-electron chi connectivity index (χ0n) is 8.15. The van der Waals surface area contributed by atoms with E-state index in [1.807, 2.05) is 42.6 Å². The lowest BCUT2D eigenvalue weighted by Crippen LogP contribution is -1.97. The van der Waals surface area contributed by atoms with Gasteiger partial charge in [-0.1, -0.05) is 30.3 Å². The predicted molar refractivity (Wildman–Crippen MR) is 65.3 cm³/mol. The average Bonchev–Trinajstić information content (AvgIpc) is 2.30. The molecule has 0 unspecified atom stereocenters. The maximum Gasteiger partial charge on any atom is 0.0844 e. The topological polar surface area (TPSA) is 38.9 Å². The third-order valence-electron chi connectivity index (χ3n) is 2.18. The number of hydrogen-bond donors (Lipinski definition) is 1. The van der Waals surface area contributed by atoms with E-state index in [1.54, 1.807) is 0 Å². The molecule has 2 N–H and O–H groups in total. The first-order valence-electron chi connectivity index (χ1n) is 4.71. The number of aromatic nitrogens is 1. The summed E-state index contributed by atoms with van der Waals surface area (Å²) in [5.74, 6) is 0. The van der Waals surface area contributed by atoms with Crippen molar-refractivity contribution >= 4 is 15.9 Å². The Kier molecular flexibility index (Phi) is 3.14. The van der Waals surface area contributed by atoms with Gasteiger partial charge in [0.2, 0.25) is 0 Å². The summed E-state index contributed by atoms with van der Waals surface area (Å²) in [6.45, 7) is 0.515. The molecule has 0 amide bonds. The van der Waals surface area contributed by atoms with Gasteiger partial charge in [-0.15, -0.1) is 0 Å². The first kappa shape index (κ1) is 10.3.